The fraction of sp³-hybridized carbons (Fsp3) is 0.167. The second-order valence-corrected chi connectivity index (χ2v) is 3.87. The van der Waals surface area contributed by atoms with E-state index in [-0.39, 0.29) is 0 Å². The summed E-state index contributed by atoms with van der Waals surface area (Å²) in [7, 11) is 0. The first kappa shape index (κ1) is 8.84. The molecule has 0 aromatic carbocycles. The van der Waals surface area contributed by atoms with Crippen molar-refractivity contribution in [2.45, 2.75) is 5.38 Å². The molecular formula is C6H5Cl2NOS. The molecule has 0 saturated carbocycles. The zero-order valence-corrected chi connectivity index (χ0v) is 7.71. The summed E-state index contributed by atoms with van der Waals surface area (Å²) in [6, 6.07) is 1.69. The van der Waals surface area contributed by atoms with Crippen LogP contribution < -0.4 is 5.73 Å². The van der Waals surface area contributed by atoms with Gasteiger partial charge in [-0.1, -0.05) is 11.6 Å². The van der Waals surface area contributed by atoms with Gasteiger partial charge in [-0.2, -0.15) is 0 Å². The van der Waals surface area contributed by atoms with E-state index in [4.69, 9.17) is 28.9 Å². The van der Waals surface area contributed by atoms with Gasteiger partial charge in [-0.3, -0.25) is 4.79 Å². The third-order valence-corrected chi connectivity index (χ3v) is 2.82. The van der Waals surface area contributed by atoms with Crippen molar-refractivity contribution in [3.8, 4) is 0 Å². The van der Waals surface area contributed by atoms with E-state index >= 15 is 0 Å². The lowest BCUT2D eigenvalue weighted by Crippen LogP contribution is -2.16. The van der Waals surface area contributed by atoms with Crippen molar-refractivity contribution in [2.24, 2.45) is 5.73 Å². The highest BCUT2D eigenvalue weighted by molar-refractivity contribution is 7.14. The number of primary amides is 1. The van der Waals surface area contributed by atoms with Gasteiger partial charge < -0.3 is 5.73 Å². The Morgan fingerprint density at radius 2 is 2.36 bits per heavy atom. The van der Waals surface area contributed by atoms with Crippen molar-refractivity contribution >= 4 is 40.4 Å². The monoisotopic (exact) mass is 209 g/mol. The van der Waals surface area contributed by atoms with Crippen LogP contribution in [0.25, 0.3) is 0 Å². The summed E-state index contributed by atoms with van der Waals surface area (Å²) in [4.78, 5) is 10.6. The summed E-state index contributed by atoms with van der Waals surface area (Å²) in [5.74, 6) is -0.577. The van der Waals surface area contributed by atoms with Crippen molar-refractivity contribution in [2.75, 3.05) is 0 Å². The van der Waals surface area contributed by atoms with Crippen LogP contribution in [0.2, 0.25) is 4.34 Å². The van der Waals surface area contributed by atoms with Crippen LogP contribution in [-0.4, -0.2) is 5.91 Å². The topological polar surface area (TPSA) is 43.1 Å². The lowest BCUT2D eigenvalue weighted by Gasteiger charge is -2.01. The van der Waals surface area contributed by atoms with E-state index in [1.165, 1.54) is 11.3 Å². The van der Waals surface area contributed by atoms with Crippen molar-refractivity contribution in [1.29, 1.82) is 0 Å². The molecule has 1 aromatic rings. The summed E-state index contributed by atoms with van der Waals surface area (Å²) in [5, 5.41) is 0.949. The van der Waals surface area contributed by atoms with Crippen LogP contribution in [0.3, 0.4) is 0 Å². The summed E-state index contributed by atoms with van der Waals surface area (Å²) in [5.41, 5.74) is 5.56. The highest BCUT2D eigenvalue weighted by Crippen LogP contribution is 2.31. The van der Waals surface area contributed by atoms with Crippen LogP contribution in [0.4, 0.5) is 0 Å². The molecule has 0 bridgehead atoms. The molecule has 1 atom stereocenters. The van der Waals surface area contributed by atoms with Crippen molar-refractivity contribution < 1.29 is 4.79 Å². The van der Waals surface area contributed by atoms with Gasteiger partial charge in [0.1, 0.15) is 5.38 Å². The Labute approximate surface area is 77.9 Å². The Hall–Kier alpha value is -0.250. The lowest BCUT2D eigenvalue weighted by molar-refractivity contribution is -0.117. The largest absolute Gasteiger partial charge is 0.368 e. The zero-order valence-electron chi connectivity index (χ0n) is 5.38. The zero-order chi connectivity index (χ0) is 8.43. The highest BCUT2D eigenvalue weighted by Gasteiger charge is 2.17. The average Bonchev–Trinajstić information content (AvgIpc) is 2.33. The fourth-order valence-corrected chi connectivity index (χ4v) is 1.92. The average molecular weight is 210 g/mol. The van der Waals surface area contributed by atoms with Gasteiger partial charge in [0.05, 0.1) is 4.34 Å². The number of carbonyl (C=O) groups is 1. The molecule has 0 spiro atoms. The Kier molecular flexibility index (Phi) is 2.76. The molecule has 1 rings (SSSR count). The van der Waals surface area contributed by atoms with Gasteiger partial charge in [-0.15, -0.1) is 22.9 Å². The number of amides is 1. The smallest absolute Gasteiger partial charge is 0.240 e. The first-order chi connectivity index (χ1) is 5.13. The van der Waals surface area contributed by atoms with E-state index in [2.05, 4.69) is 0 Å². The SMILES string of the molecule is NC(=O)C(Cl)c1ccsc1Cl. The van der Waals surface area contributed by atoms with Gasteiger partial charge in [0.2, 0.25) is 5.91 Å². The standard InChI is InChI=1S/C6H5Cl2NOS/c7-4(6(9)10)3-1-2-11-5(3)8/h1-2,4H,(H2,9,10). The maximum Gasteiger partial charge on any atom is 0.240 e. The van der Waals surface area contributed by atoms with E-state index in [0.717, 1.165) is 0 Å². The Morgan fingerprint density at radius 3 is 2.73 bits per heavy atom. The summed E-state index contributed by atoms with van der Waals surface area (Å²) in [6.45, 7) is 0. The normalized spacial score (nSPS) is 12.9. The first-order valence-electron chi connectivity index (χ1n) is 2.79. The van der Waals surface area contributed by atoms with Crippen LogP contribution >= 0.6 is 34.5 Å². The second kappa shape index (κ2) is 3.43. The number of halogens is 2. The fourth-order valence-electron chi connectivity index (χ4n) is 0.638. The molecular weight excluding hydrogens is 205 g/mol. The molecule has 1 amide bonds. The van der Waals surface area contributed by atoms with Gasteiger partial charge in [0.25, 0.3) is 0 Å². The van der Waals surface area contributed by atoms with Crippen LogP contribution in [0, 0.1) is 0 Å². The van der Waals surface area contributed by atoms with Crippen LogP contribution in [0.15, 0.2) is 11.4 Å². The van der Waals surface area contributed by atoms with Gasteiger partial charge in [-0.05, 0) is 11.4 Å². The first-order valence-corrected chi connectivity index (χ1v) is 4.48. The summed E-state index contributed by atoms with van der Waals surface area (Å²) in [6.07, 6.45) is 0. The number of thiophene rings is 1. The molecule has 5 heteroatoms. The van der Waals surface area contributed by atoms with E-state index in [1.807, 2.05) is 0 Å². The Balaban J connectivity index is 2.92. The molecule has 2 N–H and O–H groups in total. The predicted molar refractivity (Wildman–Crippen MR) is 47.1 cm³/mol. The third-order valence-electron chi connectivity index (χ3n) is 1.17. The molecule has 11 heavy (non-hydrogen) atoms. The predicted octanol–water partition coefficient (Wildman–Crippen LogP) is 2.17. The van der Waals surface area contributed by atoms with Crippen molar-refractivity contribution in [1.82, 2.24) is 0 Å². The van der Waals surface area contributed by atoms with E-state index in [0.29, 0.717) is 9.90 Å². The maximum atomic E-state index is 10.6. The van der Waals surface area contributed by atoms with E-state index < -0.39 is 11.3 Å². The quantitative estimate of drug-likeness (QED) is 0.746. The van der Waals surface area contributed by atoms with Crippen LogP contribution in [0.1, 0.15) is 10.9 Å². The third kappa shape index (κ3) is 1.86. The minimum absolute atomic E-state index is 0.517. The number of rotatable bonds is 2. The molecule has 0 aliphatic rings. The molecule has 1 unspecified atom stereocenters. The second-order valence-electron chi connectivity index (χ2n) is 1.91. The number of alkyl halides is 1. The Morgan fingerprint density at radius 1 is 1.73 bits per heavy atom. The minimum Gasteiger partial charge on any atom is -0.368 e. The van der Waals surface area contributed by atoms with Gasteiger partial charge in [-0.25, -0.2) is 0 Å². The van der Waals surface area contributed by atoms with E-state index in [9.17, 15) is 4.79 Å². The van der Waals surface area contributed by atoms with Crippen LogP contribution in [-0.2, 0) is 4.79 Å². The lowest BCUT2D eigenvalue weighted by atomic mass is 10.2. The molecule has 0 fully saturated rings. The van der Waals surface area contributed by atoms with Gasteiger partial charge in [0, 0.05) is 5.56 Å². The van der Waals surface area contributed by atoms with Gasteiger partial charge >= 0.3 is 0 Å². The molecule has 0 aliphatic carbocycles. The minimum atomic E-state index is -0.811. The van der Waals surface area contributed by atoms with E-state index in [1.54, 1.807) is 11.4 Å². The van der Waals surface area contributed by atoms with Gasteiger partial charge in [0.15, 0.2) is 0 Å². The molecule has 60 valence electrons. The maximum absolute atomic E-state index is 10.6. The molecule has 0 radical (unpaired) electrons. The Bertz CT molecular complexity index is 273. The molecule has 0 aliphatic heterocycles. The molecule has 0 saturated heterocycles. The number of hydrogen-bond donors (Lipinski definition) is 1. The number of carbonyl (C=O) groups excluding carboxylic acids is 1. The number of hydrogen-bond acceptors (Lipinski definition) is 2. The highest BCUT2D eigenvalue weighted by atomic mass is 35.5. The summed E-state index contributed by atoms with van der Waals surface area (Å²) < 4.78 is 0.517. The van der Waals surface area contributed by atoms with Crippen LogP contribution in [0.5, 0.6) is 0 Å². The molecule has 1 aromatic heterocycles. The summed E-state index contributed by atoms with van der Waals surface area (Å²) >= 11 is 12.7. The van der Waals surface area contributed by atoms with Crippen molar-refractivity contribution in [3.05, 3.63) is 21.3 Å². The number of nitrogens with two attached hydrogens (primary N) is 1. The molecule has 1 heterocycles. The van der Waals surface area contributed by atoms with Crippen molar-refractivity contribution in [3.63, 3.8) is 0 Å². The molecule has 2 nitrogen and oxygen atoms in total.